The van der Waals surface area contributed by atoms with Gasteiger partial charge in [-0.25, -0.2) is 14.8 Å². The van der Waals surface area contributed by atoms with E-state index in [0.717, 1.165) is 32.6 Å². The van der Waals surface area contributed by atoms with Crippen molar-refractivity contribution in [3.8, 4) is 22.4 Å². The van der Waals surface area contributed by atoms with E-state index in [-0.39, 0.29) is 6.03 Å². The molecular weight excluding hydrogens is 386 g/mol. The second-order valence-electron chi connectivity index (χ2n) is 6.32. The number of carbonyl (C=O) groups is 1. The monoisotopic (exact) mass is 405 g/mol. The lowest BCUT2D eigenvalue weighted by molar-refractivity contribution is 0.252. The van der Waals surface area contributed by atoms with Gasteiger partial charge in [0.25, 0.3) is 0 Å². The first kappa shape index (κ1) is 18.6. The lowest BCUT2D eigenvalue weighted by atomic mass is 10.0. The molecule has 3 heterocycles. The molecular formula is C20H19N7OS. The van der Waals surface area contributed by atoms with Crippen LogP contribution in [0.4, 0.5) is 21.4 Å². The number of thiazole rings is 1. The van der Waals surface area contributed by atoms with Gasteiger partial charge in [0.1, 0.15) is 5.82 Å². The van der Waals surface area contributed by atoms with Gasteiger partial charge in [-0.05, 0) is 48.9 Å². The van der Waals surface area contributed by atoms with E-state index < -0.39 is 0 Å². The van der Waals surface area contributed by atoms with E-state index in [4.69, 9.17) is 11.5 Å². The fourth-order valence-electron chi connectivity index (χ4n) is 2.89. The number of aromatic nitrogens is 3. The Hall–Kier alpha value is -3.72. The number of pyridine rings is 2. The van der Waals surface area contributed by atoms with E-state index in [1.807, 2.05) is 31.2 Å². The van der Waals surface area contributed by atoms with Crippen LogP contribution in [0.5, 0.6) is 0 Å². The van der Waals surface area contributed by atoms with Crippen molar-refractivity contribution in [2.24, 2.45) is 0 Å². The molecule has 0 atom stereocenters. The molecule has 8 nitrogen and oxygen atoms in total. The van der Waals surface area contributed by atoms with Crippen molar-refractivity contribution in [1.82, 2.24) is 20.3 Å². The minimum Gasteiger partial charge on any atom is -0.397 e. The number of anilines is 3. The van der Waals surface area contributed by atoms with Crippen LogP contribution in [0.2, 0.25) is 0 Å². The number of rotatable bonds is 4. The first-order valence-corrected chi connectivity index (χ1v) is 9.78. The summed E-state index contributed by atoms with van der Waals surface area (Å²) >= 11 is 1.39. The van der Waals surface area contributed by atoms with E-state index in [1.54, 1.807) is 24.5 Å². The normalized spacial score (nSPS) is 10.8. The predicted molar refractivity (Wildman–Crippen MR) is 118 cm³/mol. The zero-order chi connectivity index (χ0) is 20.4. The molecule has 146 valence electrons. The number of fused-ring (bicyclic) bond motifs is 1. The summed E-state index contributed by atoms with van der Waals surface area (Å²) in [5, 5.41) is 5.99. The van der Waals surface area contributed by atoms with E-state index in [0.29, 0.717) is 23.2 Å². The smallest absolute Gasteiger partial charge is 0.321 e. The van der Waals surface area contributed by atoms with Crippen LogP contribution in [0.1, 0.15) is 6.92 Å². The highest BCUT2D eigenvalue weighted by Gasteiger charge is 2.15. The average molecular weight is 405 g/mol. The first-order chi connectivity index (χ1) is 14.0. The molecule has 2 amide bonds. The number of carbonyl (C=O) groups excluding carboxylic acids is 1. The fourth-order valence-corrected chi connectivity index (χ4v) is 3.85. The van der Waals surface area contributed by atoms with Gasteiger partial charge in [-0.15, -0.1) is 0 Å². The summed E-state index contributed by atoms with van der Waals surface area (Å²) in [4.78, 5) is 25.1. The van der Waals surface area contributed by atoms with Gasteiger partial charge in [-0.3, -0.25) is 10.3 Å². The van der Waals surface area contributed by atoms with E-state index in [1.165, 1.54) is 11.3 Å². The summed E-state index contributed by atoms with van der Waals surface area (Å²) in [6.45, 7) is 2.39. The number of hydrogen-bond acceptors (Lipinski definition) is 7. The van der Waals surface area contributed by atoms with Gasteiger partial charge in [0, 0.05) is 23.9 Å². The third kappa shape index (κ3) is 3.94. The molecule has 0 bridgehead atoms. The van der Waals surface area contributed by atoms with Crippen molar-refractivity contribution in [2.45, 2.75) is 6.92 Å². The Morgan fingerprint density at radius 2 is 1.93 bits per heavy atom. The molecule has 3 aromatic heterocycles. The molecule has 0 saturated heterocycles. The molecule has 0 aliphatic carbocycles. The summed E-state index contributed by atoms with van der Waals surface area (Å²) < 4.78 is 0.918. The summed E-state index contributed by atoms with van der Waals surface area (Å²) in [6, 6.07) is 11.0. The van der Waals surface area contributed by atoms with Gasteiger partial charge in [0.15, 0.2) is 5.13 Å². The van der Waals surface area contributed by atoms with Crippen molar-refractivity contribution in [3.63, 3.8) is 0 Å². The van der Waals surface area contributed by atoms with Gasteiger partial charge in [0.05, 0.1) is 27.8 Å². The Bertz CT molecular complexity index is 1170. The molecule has 0 saturated carbocycles. The largest absolute Gasteiger partial charge is 0.397 e. The minimum absolute atomic E-state index is 0.290. The molecule has 0 aliphatic heterocycles. The fraction of sp³-hybridized carbons (Fsp3) is 0.100. The molecule has 0 radical (unpaired) electrons. The maximum atomic E-state index is 11.9. The zero-order valence-electron chi connectivity index (χ0n) is 15.6. The molecule has 1 aromatic carbocycles. The molecule has 29 heavy (non-hydrogen) atoms. The van der Waals surface area contributed by atoms with E-state index in [2.05, 4.69) is 25.6 Å². The van der Waals surface area contributed by atoms with E-state index >= 15 is 0 Å². The molecule has 6 N–H and O–H groups in total. The number of hydrogen-bond donors (Lipinski definition) is 4. The number of urea groups is 1. The minimum atomic E-state index is -0.290. The average Bonchev–Trinajstić information content (AvgIpc) is 3.11. The Labute approximate surface area is 171 Å². The molecule has 0 aliphatic rings. The van der Waals surface area contributed by atoms with Crippen LogP contribution in [-0.2, 0) is 0 Å². The van der Waals surface area contributed by atoms with E-state index in [9.17, 15) is 4.79 Å². The summed E-state index contributed by atoms with van der Waals surface area (Å²) in [5.41, 5.74) is 16.3. The third-order valence-electron chi connectivity index (χ3n) is 4.23. The molecule has 4 aromatic rings. The van der Waals surface area contributed by atoms with Gasteiger partial charge in [-0.2, -0.15) is 0 Å². The first-order valence-electron chi connectivity index (χ1n) is 8.96. The SMILES string of the molecule is CCNC(=O)Nc1nc2cc(-c3ccc(N)nc3)cc(-c3ccc(N)cn3)c2s1. The highest BCUT2D eigenvalue weighted by molar-refractivity contribution is 7.22. The van der Waals surface area contributed by atoms with Crippen LogP contribution < -0.4 is 22.1 Å². The topological polar surface area (TPSA) is 132 Å². The van der Waals surface area contributed by atoms with Crippen LogP contribution in [0.3, 0.4) is 0 Å². The Balaban J connectivity index is 1.86. The lowest BCUT2D eigenvalue weighted by Crippen LogP contribution is -2.28. The molecule has 0 spiro atoms. The summed E-state index contributed by atoms with van der Waals surface area (Å²) in [6.07, 6.45) is 3.34. The van der Waals surface area contributed by atoms with Crippen LogP contribution in [-0.4, -0.2) is 27.5 Å². The Morgan fingerprint density at radius 3 is 2.62 bits per heavy atom. The van der Waals surface area contributed by atoms with Crippen LogP contribution >= 0.6 is 11.3 Å². The highest BCUT2D eigenvalue weighted by atomic mass is 32.1. The second-order valence-corrected chi connectivity index (χ2v) is 7.32. The van der Waals surface area contributed by atoms with Crippen molar-refractivity contribution in [1.29, 1.82) is 0 Å². The highest BCUT2D eigenvalue weighted by Crippen LogP contribution is 2.38. The van der Waals surface area contributed by atoms with Gasteiger partial charge in [0.2, 0.25) is 0 Å². The maximum Gasteiger partial charge on any atom is 0.321 e. The molecule has 0 unspecified atom stereocenters. The summed E-state index contributed by atoms with van der Waals surface area (Å²) in [5.74, 6) is 0.456. The van der Waals surface area contributed by atoms with Crippen molar-refractivity contribution < 1.29 is 4.79 Å². The molecule has 9 heteroatoms. The zero-order valence-corrected chi connectivity index (χ0v) is 16.5. The van der Waals surface area contributed by atoms with Gasteiger partial charge < -0.3 is 16.8 Å². The number of nitrogens with zero attached hydrogens (tertiary/aromatic N) is 3. The number of benzene rings is 1. The van der Waals surface area contributed by atoms with Crippen molar-refractivity contribution in [2.75, 3.05) is 23.3 Å². The maximum absolute atomic E-state index is 11.9. The van der Waals surface area contributed by atoms with Crippen LogP contribution in [0, 0.1) is 0 Å². The Morgan fingerprint density at radius 1 is 1.07 bits per heavy atom. The quantitative estimate of drug-likeness (QED) is 0.409. The van der Waals surface area contributed by atoms with Crippen LogP contribution in [0.15, 0.2) is 48.8 Å². The second kappa shape index (κ2) is 7.72. The van der Waals surface area contributed by atoms with Gasteiger partial charge in [-0.1, -0.05) is 11.3 Å². The number of nitrogens with two attached hydrogens (primary N) is 2. The number of nitrogen functional groups attached to an aromatic ring is 2. The number of nitrogens with one attached hydrogen (secondary N) is 2. The molecule has 0 fully saturated rings. The standard InChI is InChI=1S/C20H19N7OS/c1-2-23-19(28)27-20-26-16-8-12(11-3-6-17(22)25-9-11)7-14(18(16)29-20)15-5-4-13(21)10-24-15/h3-10H,2,21H2,1H3,(H2,22,25)(H2,23,26,27,28). The molecule has 4 rings (SSSR count). The van der Waals surface area contributed by atoms with Crippen LogP contribution in [0.25, 0.3) is 32.6 Å². The van der Waals surface area contributed by atoms with Crippen molar-refractivity contribution in [3.05, 3.63) is 48.8 Å². The van der Waals surface area contributed by atoms with Crippen molar-refractivity contribution >= 4 is 44.2 Å². The Kier molecular flexibility index (Phi) is 4.96. The summed E-state index contributed by atoms with van der Waals surface area (Å²) in [7, 11) is 0. The van der Waals surface area contributed by atoms with Gasteiger partial charge >= 0.3 is 6.03 Å². The predicted octanol–water partition coefficient (Wildman–Crippen LogP) is 3.73. The number of amides is 2. The third-order valence-corrected chi connectivity index (χ3v) is 5.25. The lowest BCUT2D eigenvalue weighted by Gasteiger charge is -2.07.